The van der Waals surface area contributed by atoms with E-state index >= 15 is 0 Å². The molecule has 178 valence electrons. The van der Waals surface area contributed by atoms with E-state index in [1.165, 1.54) is 11.1 Å². The molecule has 1 aliphatic heterocycles. The number of carbonyl (C=O) groups excluding carboxylic acids is 1. The Morgan fingerprint density at radius 3 is 2.59 bits per heavy atom. The van der Waals surface area contributed by atoms with Crippen molar-refractivity contribution in [3.05, 3.63) is 66.0 Å². The van der Waals surface area contributed by atoms with Crippen molar-refractivity contribution in [1.29, 1.82) is 0 Å². The lowest BCUT2D eigenvalue weighted by atomic mass is 10.1. The molecule has 4 rings (SSSR count). The molecule has 8 nitrogen and oxygen atoms in total. The lowest BCUT2D eigenvalue weighted by molar-refractivity contribution is -0.109. The molecule has 3 aromatic rings. The maximum Gasteiger partial charge on any atom is 0.230 e. The smallest absolute Gasteiger partial charge is 0.230 e. The molecule has 2 heterocycles. The summed E-state index contributed by atoms with van der Waals surface area (Å²) in [6.45, 7) is 9.46. The Labute approximate surface area is 201 Å². The van der Waals surface area contributed by atoms with Gasteiger partial charge in [0.2, 0.25) is 12.4 Å². The third-order valence-corrected chi connectivity index (χ3v) is 6.13. The highest BCUT2D eigenvalue weighted by Crippen LogP contribution is 2.20. The van der Waals surface area contributed by atoms with Gasteiger partial charge in [-0.3, -0.25) is 9.69 Å². The number of carbonyl (C=O) groups is 1. The first-order chi connectivity index (χ1) is 16.7. The second kappa shape index (κ2) is 12.2. The summed E-state index contributed by atoms with van der Waals surface area (Å²) in [7, 11) is 0. The highest BCUT2D eigenvalue weighted by molar-refractivity contribution is 5.60. The van der Waals surface area contributed by atoms with Crippen molar-refractivity contribution in [3.63, 3.8) is 0 Å². The van der Waals surface area contributed by atoms with Crippen LogP contribution >= 0.6 is 0 Å². The van der Waals surface area contributed by atoms with Gasteiger partial charge in [-0.25, -0.2) is 9.97 Å². The number of nitrogens with one attached hydrogen (secondary N) is 2. The number of aromatic nitrogens is 3. The zero-order valence-electron chi connectivity index (χ0n) is 19.8. The SMILES string of the molecule is CCN1CCN(Cc2cccc(Nc3ncnc(-c4cccc(CCCNC=O)c4)n3)c2)CC1. The molecule has 2 N–H and O–H groups in total. The fraction of sp³-hybridized carbons (Fsp3) is 0.385. The molecule has 2 aromatic carbocycles. The number of hydrogen-bond donors (Lipinski definition) is 2. The Balaban J connectivity index is 1.39. The van der Waals surface area contributed by atoms with Crippen LogP contribution in [0.2, 0.25) is 0 Å². The van der Waals surface area contributed by atoms with Gasteiger partial charge < -0.3 is 15.5 Å². The van der Waals surface area contributed by atoms with Crippen LogP contribution in [0.15, 0.2) is 54.9 Å². The predicted molar refractivity (Wildman–Crippen MR) is 135 cm³/mol. The summed E-state index contributed by atoms with van der Waals surface area (Å²) in [6, 6.07) is 16.7. The summed E-state index contributed by atoms with van der Waals surface area (Å²) in [5.41, 5.74) is 4.39. The minimum Gasteiger partial charge on any atom is -0.359 e. The summed E-state index contributed by atoms with van der Waals surface area (Å²) in [5, 5.41) is 6.04. The van der Waals surface area contributed by atoms with Crippen LogP contribution in [0.1, 0.15) is 24.5 Å². The number of anilines is 2. The Morgan fingerprint density at radius 2 is 1.76 bits per heavy atom. The van der Waals surface area contributed by atoms with Crippen LogP contribution in [0.5, 0.6) is 0 Å². The van der Waals surface area contributed by atoms with E-state index in [0.717, 1.165) is 69.8 Å². The van der Waals surface area contributed by atoms with Gasteiger partial charge in [-0.15, -0.1) is 0 Å². The molecule has 0 radical (unpaired) electrons. The van der Waals surface area contributed by atoms with Crippen molar-refractivity contribution >= 4 is 18.0 Å². The predicted octanol–water partition coefficient (Wildman–Crippen LogP) is 3.10. The molecule has 0 unspecified atom stereocenters. The first kappa shape index (κ1) is 23.8. The van der Waals surface area contributed by atoms with Gasteiger partial charge in [0.15, 0.2) is 5.82 Å². The number of hydrogen-bond acceptors (Lipinski definition) is 7. The van der Waals surface area contributed by atoms with Crippen LogP contribution in [0.25, 0.3) is 11.4 Å². The van der Waals surface area contributed by atoms with Gasteiger partial charge in [0, 0.05) is 50.5 Å². The summed E-state index contributed by atoms with van der Waals surface area (Å²) < 4.78 is 0. The largest absolute Gasteiger partial charge is 0.359 e. The second-order valence-corrected chi connectivity index (χ2v) is 8.54. The van der Waals surface area contributed by atoms with Crippen molar-refractivity contribution in [2.45, 2.75) is 26.3 Å². The van der Waals surface area contributed by atoms with Crippen molar-refractivity contribution in [2.24, 2.45) is 0 Å². The highest BCUT2D eigenvalue weighted by atomic mass is 16.1. The zero-order valence-corrected chi connectivity index (χ0v) is 19.8. The van der Waals surface area contributed by atoms with E-state index in [4.69, 9.17) is 0 Å². The van der Waals surface area contributed by atoms with Crippen molar-refractivity contribution in [2.75, 3.05) is 44.6 Å². The molecule has 1 aromatic heterocycles. The third-order valence-electron chi connectivity index (χ3n) is 6.13. The maximum atomic E-state index is 10.4. The Bertz CT molecular complexity index is 1070. The third kappa shape index (κ3) is 6.82. The molecule has 0 spiro atoms. The van der Waals surface area contributed by atoms with E-state index in [9.17, 15) is 4.79 Å². The average molecular weight is 460 g/mol. The number of aryl methyl sites for hydroxylation is 1. The van der Waals surface area contributed by atoms with E-state index in [0.29, 0.717) is 18.3 Å². The van der Waals surface area contributed by atoms with E-state index in [1.807, 2.05) is 18.2 Å². The minimum atomic E-state index is 0.527. The number of benzene rings is 2. The first-order valence-corrected chi connectivity index (χ1v) is 12.0. The fourth-order valence-corrected chi connectivity index (χ4v) is 4.21. The van der Waals surface area contributed by atoms with Gasteiger partial charge in [-0.1, -0.05) is 37.3 Å². The molecule has 1 fully saturated rings. The second-order valence-electron chi connectivity index (χ2n) is 8.54. The lowest BCUT2D eigenvalue weighted by Gasteiger charge is -2.34. The normalized spacial score (nSPS) is 14.6. The Hall–Kier alpha value is -3.36. The number of piperazine rings is 1. The van der Waals surface area contributed by atoms with Crippen LogP contribution in [0.4, 0.5) is 11.6 Å². The summed E-state index contributed by atoms with van der Waals surface area (Å²) in [4.78, 5) is 28.8. The minimum absolute atomic E-state index is 0.527. The van der Waals surface area contributed by atoms with Gasteiger partial charge in [0.25, 0.3) is 0 Å². The van der Waals surface area contributed by atoms with E-state index in [-0.39, 0.29) is 0 Å². The van der Waals surface area contributed by atoms with Gasteiger partial charge in [-0.05, 0) is 48.7 Å². The molecule has 34 heavy (non-hydrogen) atoms. The Kier molecular flexibility index (Phi) is 8.54. The molecular weight excluding hydrogens is 426 g/mol. The van der Waals surface area contributed by atoms with Crippen molar-refractivity contribution in [3.8, 4) is 11.4 Å². The summed E-state index contributed by atoms with van der Waals surface area (Å²) in [5.74, 6) is 1.16. The monoisotopic (exact) mass is 459 g/mol. The maximum absolute atomic E-state index is 10.4. The number of likely N-dealkylation sites (N-methyl/N-ethyl adjacent to an activating group) is 1. The van der Waals surface area contributed by atoms with E-state index in [1.54, 1.807) is 6.33 Å². The summed E-state index contributed by atoms with van der Waals surface area (Å²) in [6.07, 6.45) is 4.05. The summed E-state index contributed by atoms with van der Waals surface area (Å²) >= 11 is 0. The van der Waals surface area contributed by atoms with Gasteiger partial charge in [-0.2, -0.15) is 4.98 Å². The average Bonchev–Trinajstić information content (AvgIpc) is 2.88. The molecule has 8 heteroatoms. The van der Waals surface area contributed by atoms with E-state index in [2.05, 4.69) is 72.6 Å². The van der Waals surface area contributed by atoms with Gasteiger partial charge >= 0.3 is 0 Å². The molecular formula is C26H33N7O. The highest BCUT2D eigenvalue weighted by Gasteiger charge is 2.15. The van der Waals surface area contributed by atoms with Crippen LogP contribution in [-0.2, 0) is 17.8 Å². The zero-order chi connectivity index (χ0) is 23.6. The lowest BCUT2D eigenvalue weighted by Crippen LogP contribution is -2.45. The van der Waals surface area contributed by atoms with Crippen molar-refractivity contribution in [1.82, 2.24) is 30.1 Å². The van der Waals surface area contributed by atoms with Crippen LogP contribution < -0.4 is 10.6 Å². The molecule has 0 aliphatic carbocycles. The number of rotatable bonds is 11. The Morgan fingerprint density at radius 1 is 0.971 bits per heavy atom. The van der Waals surface area contributed by atoms with Crippen LogP contribution in [0.3, 0.4) is 0 Å². The molecule has 1 saturated heterocycles. The van der Waals surface area contributed by atoms with Crippen molar-refractivity contribution < 1.29 is 4.79 Å². The molecule has 0 bridgehead atoms. The first-order valence-electron chi connectivity index (χ1n) is 12.0. The number of nitrogens with zero attached hydrogens (tertiary/aromatic N) is 5. The molecule has 0 saturated carbocycles. The van der Waals surface area contributed by atoms with Crippen LogP contribution in [-0.4, -0.2) is 70.4 Å². The molecule has 1 amide bonds. The fourth-order valence-electron chi connectivity index (χ4n) is 4.21. The van der Waals surface area contributed by atoms with Crippen LogP contribution in [0, 0.1) is 0 Å². The quantitative estimate of drug-likeness (QED) is 0.337. The topological polar surface area (TPSA) is 86.3 Å². The van der Waals surface area contributed by atoms with E-state index < -0.39 is 0 Å². The number of amides is 1. The van der Waals surface area contributed by atoms with Gasteiger partial charge in [0.05, 0.1) is 0 Å². The standard InChI is InChI=1S/C26H33N7O/c1-2-32-12-14-33(15-13-32)18-22-7-4-10-24(17-22)30-26-29-19-28-25(31-26)23-9-3-6-21(16-23)8-5-11-27-20-34/h3-4,6-7,9-10,16-17,19-20H,2,5,8,11-15,18H2,1H3,(H,27,34)(H,28,29,30,31). The van der Waals surface area contributed by atoms with Gasteiger partial charge in [0.1, 0.15) is 6.33 Å². The molecule has 1 aliphatic rings. The molecule has 0 atom stereocenters.